The molecule has 0 atom stereocenters. The second kappa shape index (κ2) is 8.87. The average Bonchev–Trinajstić information content (AvgIpc) is 2.57. The van der Waals surface area contributed by atoms with E-state index >= 15 is 0 Å². The molecule has 0 radical (unpaired) electrons. The molecule has 0 aliphatic rings. The van der Waals surface area contributed by atoms with E-state index in [1.165, 1.54) is 18.1 Å². The third-order valence-corrected chi connectivity index (χ3v) is 3.88. The summed E-state index contributed by atoms with van der Waals surface area (Å²) in [5.74, 6) is -0.170. The molecule has 5 nitrogen and oxygen atoms in total. The number of hydrogen-bond acceptors (Lipinski definition) is 3. The molecule has 0 unspecified atom stereocenters. The lowest BCUT2D eigenvalue weighted by Gasteiger charge is -2.14. The second-order valence-electron chi connectivity index (χ2n) is 5.95. The van der Waals surface area contributed by atoms with Crippen LogP contribution in [0.4, 0.5) is 17.1 Å². The van der Waals surface area contributed by atoms with Crippen molar-refractivity contribution in [1.82, 2.24) is 0 Å². The quantitative estimate of drug-likeness (QED) is 0.715. The number of nitrogens with one attached hydrogen (secondary N) is 3. The van der Waals surface area contributed by atoms with Crippen LogP contribution in [0.1, 0.15) is 31.4 Å². The Kier molecular flexibility index (Phi) is 6.57. The Balaban J connectivity index is 1.84. The molecule has 2 aromatic carbocycles. The average molecular weight is 339 g/mol. The molecule has 0 bridgehead atoms. The zero-order valence-electron chi connectivity index (χ0n) is 15.0. The fourth-order valence-electron chi connectivity index (χ4n) is 2.64. The van der Waals surface area contributed by atoms with E-state index in [9.17, 15) is 9.59 Å². The van der Waals surface area contributed by atoms with Gasteiger partial charge in [-0.2, -0.15) is 0 Å². The maximum atomic E-state index is 12.1. The monoisotopic (exact) mass is 339 g/mol. The molecular weight excluding hydrogens is 314 g/mol. The van der Waals surface area contributed by atoms with Crippen molar-refractivity contribution in [2.75, 3.05) is 22.5 Å². The van der Waals surface area contributed by atoms with Gasteiger partial charge in [-0.25, -0.2) is 0 Å². The summed E-state index contributed by atoms with van der Waals surface area (Å²) < 4.78 is 0. The minimum absolute atomic E-state index is 0.0496. The number of hydrogen-bond donors (Lipinski definition) is 3. The van der Waals surface area contributed by atoms with Gasteiger partial charge in [0.15, 0.2) is 0 Å². The maximum Gasteiger partial charge on any atom is 0.226 e. The molecule has 0 saturated heterocycles. The number of para-hydroxylation sites is 1. The van der Waals surface area contributed by atoms with Gasteiger partial charge in [-0.05, 0) is 48.7 Å². The van der Waals surface area contributed by atoms with E-state index in [1.807, 2.05) is 0 Å². The molecule has 2 rings (SSSR count). The Morgan fingerprint density at radius 3 is 2.20 bits per heavy atom. The first-order valence-electron chi connectivity index (χ1n) is 8.49. The van der Waals surface area contributed by atoms with Crippen LogP contribution in [0.25, 0.3) is 0 Å². The largest absolute Gasteiger partial charge is 0.384 e. The van der Waals surface area contributed by atoms with Crippen molar-refractivity contribution in [3.8, 4) is 0 Å². The molecule has 25 heavy (non-hydrogen) atoms. The molecule has 0 aliphatic heterocycles. The number of rotatable bonds is 7. The first kappa shape index (κ1) is 18.5. The molecule has 2 amide bonds. The van der Waals surface area contributed by atoms with Crippen LogP contribution in [-0.2, 0) is 16.0 Å². The Bertz CT molecular complexity index is 739. The molecule has 3 N–H and O–H groups in total. The number of benzene rings is 2. The summed E-state index contributed by atoms with van der Waals surface area (Å²) in [6.07, 6.45) is 1.34. The topological polar surface area (TPSA) is 70.2 Å². The third-order valence-electron chi connectivity index (χ3n) is 3.88. The van der Waals surface area contributed by atoms with Crippen LogP contribution in [0.3, 0.4) is 0 Å². The zero-order valence-corrected chi connectivity index (χ0v) is 15.0. The van der Waals surface area contributed by atoms with E-state index in [-0.39, 0.29) is 11.8 Å². The smallest absolute Gasteiger partial charge is 0.226 e. The van der Waals surface area contributed by atoms with Crippen LogP contribution in [0.5, 0.6) is 0 Å². The van der Waals surface area contributed by atoms with Crippen molar-refractivity contribution >= 4 is 28.9 Å². The van der Waals surface area contributed by atoms with Crippen LogP contribution in [0, 0.1) is 6.92 Å². The SMILES string of the molecule is CCc1cccc(C)c1NCCC(=O)Nc1ccc(NC(C)=O)cc1. The molecule has 0 spiro atoms. The highest BCUT2D eigenvalue weighted by atomic mass is 16.2. The lowest BCUT2D eigenvalue weighted by Crippen LogP contribution is -2.17. The predicted octanol–water partition coefficient (Wildman–Crippen LogP) is 3.96. The zero-order chi connectivity index (χ0) is 18.2. The highest BCUT2D eigenvalue weighted by Gasteiger charge is 2.06. The molecule has 0 fully saturated rings. The fourth-order valence-corrected chi connectivity index (χ4v) is 2.64. The van der Waals surface area contributed by atoms with Crippen LogP contribution in [-0.4, -0.2) is 18.4 Å². The summed E-state index contributed by atoms with van der Waals surface area (Å²) in [5, 5.41) is 8.92. The first-order chi connectivity index (χ1) is 12.0. The first-order valence-corrected chi connectivity index (χ1v) is 8.49. The highest BCUT2D eigenvalue weighted by molar-refractivity contribution is 5.92. The summed E-state index contributed by atoms with van der Waals surface area (Å²) >= 11 is 0. The number of aryl methyl sites for hydroxylation is 2. The van der Waals surface area contributed by atoms with Crippen molar-refractivity contribution in [3.63, 3.8) is 0 Å². The lowest BCUT2D eigenvalue weighted by atomic mass is 10.1. The third kappa shape index (κ3) is 5.64. The maximum absolute atomic E-state index is 12.1. The molecular formula is C20H25N3O2. The minimum Gasteiger partial charge on any atom is -0.384 e. The van der Waals surface area contributed by atoms with E-state index in [0.717, 1.165) is 12.1 Å². The standard InChI is InChI=1S/C20H25N3O2/c1-4-16-7-5-6-14(2)20(16)21-13-12-19(25)23-18-10-8-17(9-11-18)22-15(3)24/h5-11,21H,4,12-13H2,1-3H3,(H,22,24)(H,23,25). The summed E-state index contributed by atoms with van der Waals surface area (Å²) in [7, 11) is 0. The summed E-state index contributed by atoms with van der Waals surface area (Å²) in [4.78, 5) is 23.1. The number of anilines is 3. The van der Waals surface area contributed by atoms with Crippen molar-refractivity contribution in [1.29, 1.82) is 0 Å². The summed E-state index contributed by atoms with van der Waals surface area (Å²) in [6.45, 7) is 6.23. The number of carbonyl (C=O) groups excluding carboxylic acids is 2. The Morgan fingerprint density at radius 2 is 1.60 bits per heavy atom. The molecule has 0 heterocycles. The van der Waals surface area contributed by atoms with E-state index < -0.39 is 0 Å². The van der Waals surface area contributed by atoms with Crippen LogP contribution < -0.4 is 16.0 Å². The van der Waals surface area contributed by atoms with Gasteiger partial charge in [0.05, 0.1) is 0 Å². The van der Waals surface area contributed by atoms with Crippen LogP contribution in [0.2, 0.25) is 0 Å². The predicted molar refractivity (Wildman–Crippen MR) is 103 cm³/mol. The van der Waals surface area contributed by atoms with Gasteiger partial charge in [-0.3, -0.25) is 9.59 Å². The molecule has 0 saturated carbocycles. The number of amides is 2. The molecule has 2 aromatic rings. The summed E-state index contributed by atoms with van der Waals surface area (Å²) in [6, 6.07) is 13.3. The van der Waals surface area contributed by atoms with E-state index in [2.05, 4.69) is 48.0 Å². The van der Waals surface area contributed by atoms with Gasteiger partial charge in [0, 0.05) is 37.0 Å². The Hall–Kier alpha value is -2.82. The van der Waals surface area contributed by atoms with Gasteiger partial charge in [0.2, 0.25) is 11.8 Å². The van der Waals surface area contributed by atoms with Crippen molar-refractivity contribution in [2.24, 2.45) is 0 Å². The van der Waals surface area contributed by atoms with E-state index in [0.29, 0.717) is 24.3 Å². The van der Waals surface area contributed by atoms with Crippen LogP contribution >= 0.6 is 0 Å². The Labute approximate surface area is 148 Å². The van der Waals surface area contributed by atoms with Crippen molar-refractivity contribution in [3.05, 3.63) is 53.6 Å². The van der Waals surface area contributed by atoms with E-state index in [4.69, 9.17) is 0 Å². The van der Waals surface area contributed by atoms with Gasteiger partial charge in [0.25, 0.3) is 0 Å². The highest BCUT2D eigenvalue weighted by Crippen LogP contribution is 2.21. The second-order valence-corrected chi connectivity index (χ2v) is 5.95. The molecule has 132 valence electrons. The van der Waals surface area contributed by atoms with Gasteiger partial charge in [-0.1, -0.05) is 25.1 Å². The van der Waals surface area contributed by atoms with Gasteiger partial charge >= 0.3 is 0 Å². The lowest BCUT2D eigenvalue weighted by molar-refractivity contribution is -0.116. The molecule has 5 heteroatoms. The fraction of sp³-hybridized carbons (Fsp3) is 0.300. The van der Waals surface area contributed by atoms with Crippen molar-refractivity contribution < 1.29 is 9.59 Å². The van der Waals surface area contributed by atoms with Crippen molar-refractivity contribution in [2.45, 2.75) is 33.6 Å². The van der Waals surface area contributed by atoms with Crippen LogP contribution in [0.15, 0.2) is 42.5 Å². The normalized spacial score (nSPS) is 10.2. The number of carbonyl (C=O) groups is 2. The van der Waals surface area contributed by atoms with Gasteiger partial charge in [-0.15, -0.1) is 0 Å². The van der Waals surface area contributed by atoms with Gasteiger partial charge < -0.3 is 16.0 Å². The van der Waals surface area contributed by atoms with Gasteiger partial charge in [0.1, 0.15) is 0 Å². The molecule has 0 aromatic heterocycles. The summed E-state index contributed by atoms with van der Waals surface area (Å²) in [5.41, 5.74) is 4.99. The Morgan fingerprint density at radius 1 is 0.960 bits per heavy atom. The van der Waals surface area contributed by atoms with E-state index in [1.54, 1.807) is 24.3 Å². The minimum atomic E-state index is -0.120. The molecule has 0 aliphatic carbocycles.